The first kappa shape index (κ1) is 21.5. The summed E-state index contributed by atoms with van der Waals surface area (Å²) in [7, 11) is 0. The van der Waals surface area contributed by atoms with E-state index in [9.17, 15) is 19.8 Å². The maximum Gasteiger partial charge on any atom is 0.303 e. The zero-order valence-electron chi connectivity index (χ0n) is 17.7. The molecule has 0 aromatic heterocycles. The van der Waals surface area contributed by atoms with Crippen molar-refractivity contribution in [2.24, 2.45) is 17.3 Å². The minimum absolute atomic E-state index is 0.0743. The van der Waals surface area contributed by atoms with Crippen LogP contribution in [-0.4, -0.2) is 52.5 Å². The number of ether oxygens (including phenoxy) is 2. The van der Waals surface area contributed by atoms with Crippen molar-refractivity contribution in [2.75, 3.05) is 6.61 Å². The number of carbonyl (C=O) groups excluding carboxylic acids is 2. The van der Waals surface area contributed by atoms with Gasteiger partial charge in [0.05, 0.1) is 29.8 Å². The third kappa shape index (κ3) is 3.55. The monoisotopic (exact) mass is 394 g/mol. The summed E-state index contributed by atoms with van der Waals surface area (Å²) in [6, 6.07) is 0. The molecule has 3 aliphatic rings. The average Bonchev–Trinajstić information content (AvgIpc) is 2.59. The molecule has 158 valence electrons. The van der Waals surface area contributed by atoms with Crippen LogP contribution in [0.5, 0.6) is 0 Å². The van der Waals surface area contributed by atoms with Crippen molar-refractivity contribution < 1.29 is 29.3 Å². The van der Waals surface area contributed by atoms with Gasteiger partial charge in [0.15, 0.2) is 11.9 Å². The fourth-order valence-corrected chi connectivity index (χ4v) is 5.46. The summed E-state index contributed by atoms with van der Waals surface area (Å²) in [5.41, 5.74) is -0.290. The molecule has 6 heteroatoms. The lowest BCUT2D eigenvalue weighted by Gasteiger charge is -2.57. The van der Waals surface area contributed by atoms with Gasteiger partial charge in [-0.1, -0.05) is 12.5 Å². The van der Waals surface area contributed by atoms with E-state index in [-0.39, 0.29) is 23.7 Å². The van der Waals surface area contributed by atoms with Crippen LogP contribution in [0.3, 0.4) is 0 Å². The van der Waals surface area contributed by atoms with Gasteiger partial charge in [0, 0.05) is 19.3 Å². The van der Waals surface area contributed by atoms with Gasteiger partial charge in [-0.3, -0.25) is 9.59 Å². The third-order valence-corrected chi connectivity index (χ3v) is 7.41. The fraction of sp³-hybridized carbons (Fsp3) is 0.818. The normalized spacial score (nSPS) is 46.8. The smallest absolute Gasteiger partial charge is 0.303 e. The molecule has 1 aliphatic heterocycles. The first-order valence-corrected chi connectivity index (χ1v) is 10.4. The number of fused-ring (bicyclic) bond motifs is 3. The Balaban J connectivity index is 2.14. The Morgan fingerprint density at radius 1 is 1.36 bits per heavy atom. The van der Waals surface area contributed by atoms with Crippen LogP contribution in [0.2, 0.25) is 0 Å². The summed E-state index contributed by atoms with van der Waals surface area (Å²) in [5.74, 6) is -0.862. The van der Waals surface area contributed by atoms with Gasteiger partial charge < -0.3 is 19.7 Å². The Bertz CT molecular complexity index is 681. The van der Waals surface area contributed by atoms with Crippen molar-refractivity contribution in [1.82, 2.24) is 0 Å². The van der Waals surface area contributed by atoms with Crippen LogP contribution in [0.15, 0.2) is 11.1 Å². The van der Waals surface area contributed by atoms with Crippen LogP contribution in [-0.2, 0) is 19.1 Å². The quantitative estimate of drug-likeness (QED) is 0.552. The number of hydrogen-bond donors (Lipinski definition) is 2. The molecule has 0 bridgehead atoms. The van der Waals surface area contributed by atoms with Crippen LogP contribution in [0.25, 0.3) is 0 Å². The molecule has 1 unspecified atom stereocenters. The number of esters is 1. The number of carbonyl (C=O) groups is 2. The molecule has 2 aliphatic carbocycles. The van der Waals surface area contributed by atoms with Crippen molar-refractivity contribution in [3.8, 4) is 0 Å². The van der Waals surface area contributed by atoms with Crippen LogP contribution >= 0.6 is 0 Å². The predicted octanol–water partition coefficient (Wildman–Crippen LogP) is 2.55. The maximum atomic E-state index is 13.9. The molecule has 6 nitrogen and oxygen atoms in total. The summed E-state index contributed by atoms with van der Waals surface area (Å²) < 4.78 is 11.2. The number of aliphatic hydroxyl groups is 2. The summed E-state index contributed by atoms with van der Waals surface area (Å²) >= 11 is 0. The van der Waals surface area contributed by atoms with Crippen molar-refractivity contribution >= 4 is 11.8 Å². The zero-order valence-corrected chi connectivity index (χ0v) is 17.7. The lowest BCUT2D eigenvalue weighted by atomic mass is 9.53. The molecule has 1 saturated heterocycles. The summed E-state index contributed by atoms with van der Waals surface area (Å²) in [5, 5.41) is 22.1. The molecular formula is C22H34O6. The number of Topliss-reactive ketones (excluding diaryl/α,β-unsaturated/α-hetero) is 1. The molecule has 0 amide bonds. The highest BCUT2D eigenvalue weighted by molar-refractivity contribution is 5.94. The molecule has 0 aromatic rings. The second-order valence-electron chi connectivity index (χ2n) is 9.39. The van der Waals surface area contributed by atoms with Gasteiger partial charge in [-0.05, 0) is 57.9 Å². The Morgan fingerprint density at radius 2 is 2.04 bits per heavy atom. The molecule has 0 spiro atoms. The number of aliphatic hydroxyl groups excluding tert-OH is 1. The van der Waals surface area contributed by atoms with E-state index in [4.69, 9.17) is 9.47 Å². The zero-order chi connectivity index (χ0) is 20.9. The van der Waals surface area contributed by atoms with Crippen molar-refractivity contribution in [3.63, 3.8) is 0 Å². The highest BCUT2D eigenvalue weighted by Gasteiger charge is 2.61. The van der Waals surface area contributed by atoms with E-state index in [1.54, 1.807) is 6.92 Å². The predicted molar refractivity (Wildman–Crippen MR) is 103 cm³/mol. The van der Waals surface area contributed by atoms with E-state index < -0.39 is 29.2 Å². The third-order valence-electron chi connectivity index (χ3n) is 7.41. The van der Waals surface area contributed by atoms with Gasteiger partial charge in [-0.25, -0.2) is 0 Å². The van der Waals surface area contributed by atoms with E-state index in [1.807, 2.05) is 20.8 Å². The molecule has 0 aromatic carbocycles. The Labute approximate surface area is 167 Å². The Hall–Kier alpha value is -1.24. The minimum atomic E-state index is -1.10. The summed E-state index contributed by atoms with van der Waals surface area (Å²) in [4.78, 5) is 25.7. The molecule has 3 rings (SSSR count). The number of rotatable bonds is 2. The number of hydrogen-bond acceptors (Lipinski definition) is 6. The van der Waals surface area contributed by atoms with E-state index in [2.05, 4.69) is 0 Å². The largest absolute Gasteiger partial charge is 0.450 e. The number of ketones is 1. The Kier molecular flexibility index (Phi) is 5.78. The number of allylic oxidation sites excluding steroid dienone is 1. The lowest BCUT2D eigenvalue weighted by molar-refractivity contribution is -0.232. The Morgan fingerprint density at radius 3 is 2.57 bits per heavy atom. The van der Waals surface area contributed by atoms with Crippen molar-refractivity contribution in [3.05, 3.63) is 11.1 Å². The van der Waals surface area contributed by atoms with Gasteiger partial charge in [0.2, 0.25) is 0 Å². The second kappa shape index (κ2) is 7.54. The van der Waals surface area contributed by atoms with E-state index >= 15 is 0 Å². The minimum Gasteiger partial charge on any atom is -0.450 e. The highest BCUT2D eigenvalue weighted by atomic mass is 16.5. The SMILES string of the molecule is CC/C1=C(/C)CC[C@@](C)(O)CC2[C@@H]3CO[C@@H]3C[C@H](O)[C@@]2(C)C(=O)[C@@H]1OC(C)=O. The van der Waals surface area contributed by atoms with E-state index in [0.29, 0.717) is 38.7 Å². The fourth-order valence-electron chi connectivity index (χ4n) is 5.46. The molecule has 7 atom stereocenters. The lowest BCUT2D eigenvalue weighted by Crippen LogP contribution is -2.65. The van der Waals surface area contributed by atoms with Crippen LogP contribution in [0.4, 0.5) is 0 Å². The van der Waals surface area contributed by atoms with Gasteiger partial charge in [0.25, 0.3) is 0 Å². The molecule has 2 N–H and O–H groups in total. The molecule has 1 heterocycles. The van der Waals surface area contributed by atoms with Gasteiger partial charge in [0.1, 0.15) is 0 Å². The van der Waals surface area contributed by atoms with E-state index in [0.717, 1.165) is 11.1 Å². The van der Waals surface area contributed by atoms with Crippen LogP contribution in [0.1, 0.15) is 66.7 Å². The summed E-state index contributed by atoms with van der Waals surface area (Å²) in [6.45, 7) is 9.33. The summed E-state index contributed by atoms with van der Waals surface area (Å²) in [6.07, 6.45) is 0.616. The van der Waals surface area contributed by atoms with Crippen LogP contribution in [0, 0.1) is 17.3 Å². The van der Waals surface area contributed by atoms with Crippen LogP contribution < -0.4 is 0 Å². The first-order valence-electron chi connectivity index (χ1n) is 10.4. The molecule has 0 radical (unpaired) electrons. The highest BCUT2D eigenvalue weighted by Crippen LogP contribution is 2.54. The molecule has 28 heavy (non-hydrogen) atoms. The molecule has 1 saturated carbocycles. The van der Waals surface area contributed by atoms with Gasteiger partial charge >= 0.3 is 5.97 Å². The standard InChI is InChI=1S/C22H34O6/c1-6-14-12(2)7-8-21(4,26)10-16-15-11-27-17(15)9-18(24)22(16,5)20(25)19(14)28-13(3)23/h15-19,24,26H,6-11H2,1-5H3/b14-12+/t15-,16?,17+,18-,19+,21+,22-/m0/s1. The van der Waals surface area contributed by atoms with Crippen molar-refractivity contribution in [2.45, 2.75) is 90.6 Å². The average molecular weight is 395 g/mol. The molecule has 2 fully saturated rings. The maximum absolute atomic E-state index is 13.9. The first-order chi connectivity index (χ1) is 13.0. The molecular weight excluding hydrogens is 360 g/mol. The topological polar surface area (TPSA) is 93.1 Å². The van der Waals surface area contributed by atoms with Gasteiger partial charge in [-0.2, -0.15) is 0 Å². The van der Waals surface area contributed by atoms with Crippen molar-refractivity contribution in [1.29, 1.82) is 0 Å². The van der Waals surface area contributed by atoms with Gasteiger partial charge in [-0.15, -0.1) is 0 Å². The second-order valence-corrected chi connectivity index (χ2v) is 9.39. The van der Waals surface area contributed by atoms with E-state index in [1.165, 1.54) is 6.92 Å².